The molecule has 1 fully saturated rings. The van der Waals surface area contributed by atoms with Gasteiger partial charge in [0.05, 0.1) is 28.3 Å². The van der Waals surface area contributed by atoms with E-state index in [9.17, 15) is 13.2 Å². The number of methoxy groups -OCH3 is 1. The number of anilines is 2. The minimum Gasteiger partial charge on any atom is -0.495 e. The second-order valence-corrected chi connectivity index (χ2v) is 10.7. The molecule has 0 saturated heterocycles. The summed E-state index contributed by atoms with van der Waals surface area (Å²) in [5.74, 6) is 0.609. The van der Waals surface area contributed by atoms with Crippen LogP contribution in [-0.2, 0) is 14.8 Å². The first-order valence-electron chi connectivity index (χ1n) is 11.2. The fraction of sp³-hybridized carbons (Fsp3) is 0.192. The highest BCUT2D eigenvalue weighted by molar-refractivity contribution is 7.89. The predicted octanol–water partition coefficient (Wildman–Crippen LogP) is 4.97. The third-order valence-corrected chi connectivity index (χ3v) is 7.76. The fourth-order valence-electron chi connectivity index (χ4n) is 3.97. The van der Waals surface area contributed by atoms with E-state index < -0.39 is 10.0 Å². The first-order chi connectivity index (χ1) is 16.9. The molecule has 0 radical (unpaired) electrons. The van der Waals surface area contributed by atoms with E-state index in [1.165, 1.54) is 13.2 Å². The van der Waals surface area contributed by atoms with Gasteiger partial charge in [0, 0.05) is 23.5 Å². The number of fused-ring (bicyclic) bond motifs is 1. The second kappa shape index (κ2) is 9.37. The van der Waals surface area contributed by atoms with Crippen LogP contribution in [0.1, 0.15) is 24.0 Å². The molecule has 3 aromatic rings. The van der Waals surface area contributed by atoms with Crippen LogP contribution in [0.25, 0.3) is 11.3 Å². The summed E-state index contributed by atoms with van der Waals surface area (Å²) < 4.78 is 33.7. The molecule has 1 amide bonds. The molecular formula is C26H24ClN3O4S. The number of hydrogen-bond donors (Lipinski definition) is 3. The summed E-state index contributed by atoms with van der Waals surface area (Å²) >= 11 is 6.32. The van der Waals surface area contributed by atoms with Crippen LogP contribution < -0.4 is 20.1 Å². The number of sulfonamides is 1. The van der Waals surface area contributed by atoms with E-state index >= 15 is 0 Å². The highest BCUT2D eigenvalue weighted by atomic mass is 35.5. The van der Waals surface area contributed by atoms with Gasteiger partial charge in [-0.15, -0.1) is 0 Å². The zero-order chi connectivity index (χ0) is 24.6. The molecule has 0 unspecified atom stereocenters. The third-order valence-electron chi connectivity index (χ3n) is 6.04. The lowest BCUT2D eigenvalue weighted by Gasteiger charge is -2.16. The Bertz CT molecular complexity index is 1430. The maximum atomic E-state index is 13.2. The van der Waals surface area contributed by atoms with Crippen LogP contribution in [0, 0.1) is 5.92 Å². The number of halogens is 1. The molecule has 2 aliphatic rings. The average Bonchev–Trinajstić information content (AvgIpc) is 3.63. The number of rotatable bonds is 8. The topological polar surface area (TPSA) is 96.5 Å². The van der Waals surface area contributed by atoms with Gasteiger partial charge in [0.25, 0.3) is 5.91 Å². The van der Waals surface area contributed by atoms with Crippen molar-refractivity contribution in [1.82, 2.24) is 4.72 Å². The van der Waals surface area contributed by atoms with Crippen LogP contribution in [0.15, 0.2) is 71.6 Å². The van der Waals surface area contributed by atoms with Crippen LogP contribution in [-0.4, -0.2) is 28.0 Å². The quantitative estimate of drug-likeness (QED) is 0.372. The van der Waals surface area contributed by atoms with Crippen molar-refractivity contribution in [2.24, 2.45) is 5.92 Å². The lowest BCUT2D eigenvalue weighted by Crippen LogP contribution is -2.25. The van der Waals surface area contributed by atoms with E-state index in [4.69, 9.17) is 16.3 Å². The molecule has 3 N–H and O–H groups in total. The van der Waals surface area contributed by atoms with Crippen molar-refractivity contribution in [3.8, 4) is 5.75 Å². The van der Waals surface area contributed by atoms with Gasteiger partial charge in [-0.3, -0.25) is 4.79 Å². The van der Waals surface area contributed by atoms with Crippen molar-refractivity contribution < 1.29 is 17.9 Å². The molecule has 0 aromatic heterocycles. The molecule has 7 nitrogen and oxygen atoms in total. The van der Waals surface area contributed by atoms with Crippen molar-refractivity contribution in [2.45, 2.75) is 17.7 Å². The molecular weight excluding hydrogens is 486 g/mol. The number of hydrogen-bond acceptors (Lipinski definition) is 5. The van der Waals surface area contributed by atoms with Crippen molar-refractivity contribution >= 4 is 50.2 Å². The Morgan fingerprint density at radius 2 is 1.86 bits per heavy atom. The normalized spacial score (nSPS) is 16.5. The van der Waals surface area contributed by atoms with Crippen molar-refractivity contribution in [2.75, 3.05) is 24.3 Å². The number of benzene rings is 3. The van der Waals surface area contributed by atoms with Crippen LogP contribution in [0.2, 0.25) is 5.02 Å². The third kappa shape index (κ3) is 4.91. The van der Waals surface area contributed by atoms with Gasteiger partial charge in [0.15, 0.2) is 0 Å². The summed E-state index contributed by atoms with van der Waals surface area (Å²) in [4.78, 5) is 13.3. The zero-order valence-electron chi connectivity index (χ0n) is 19.0. The minimum atomic E-state index is -3.70. The highest BCUT2D eigenvalue weighted by Gasteiger charge is 2.31. The molecule has 1 aliphatic heterocycles. The van der Waals surface area contributed by atoms with Crippen LogP contribution >= 0.6 is 11.6 Å². The Kier molecular flexibility index (Phi) is 6.27. The molecule has 9 heteroatoms. The molecule has 1 saturated carbocycles. The smallest absolute Gasteiger partial charge is 0.258 e. The molecule has 0 atom stereocenters. The van der Waals surface area contributed by atoms with Gasteiger partial charge in [0.1, 0.15) is 5.75 Å². The van der Waals surface area contributed by atoms with E-state index in [0.29, 0.717) is 51.4 Å². The minimum absolute atomic E-state index is 0.116. The van der Waals surface area contributed by atoms with Crippen LogP contribution in [0.5, 0.6) is 5.75 Å². The van der Waals surface area contributed by atoms with E-state index in [1.54, 1.807) is 30.3 Å². The summed E-state index contributed by atoms with van der Waals surface area (Å²) in [6, 6.07) is 19.3. The van der Waals surface area contributed by atoms with Crippen molar-refractivity contribution in [3.05, 3.63) is 82.9 Å². The summed E-state index contributed by atoms with van der Waals surface area (Å²) in [5.41, 5.74) is 3.35. The molecule has 1 aliphatic carbocycles. The maximum Gasteiger partial charge on any atom is 0.258 e. The Morgan fingerprint density at radius 3 is 2.54 bits per heavy atom. The number of amides is 1. The molecule has 0 spiro atoms. The summed E-state index contributed by atoms with van der Waals surface area (Å²) in [6.07, 6.45) is 2.08. The Morgan fingerprint density at radius 1 is 1.09 bits per heavy atom. The lowest BCUT2D eigenvalue weighted by molar-refractivity contribution is -0.110. The molecule has 0 bridgehead atoms. The van der Waals surface area contributed by atoms with E-state index in [1.807, 2.05) is 30.3 Å². The summed E-state index contributed by atoms with van der Waals surface area (Å²) in [6.45, 7) is 0.425. The highest BCUT2D eigenvalue weighted by Crippen LogP contribution is 2.39. The number of ether oxygens (including phenoxy) is 1. The maximum absolute atomic E-state index is 13.2. The summed E-state index contributed by atoms with van der Waals surface area (Å²) in [7, 11) is -2.17. The zero-order valence-corrected chi connectivity index (χ0v) is 20.5. The van der Waals surface area contributed by atoms with Crippen LogP contribution in [0.3, 0.4) is 0 Å². The first kappa shape index (κ1) is 23.4. The van der Waals surface area contributed by atoms with Gasteiger partial charge in [-0.2, -0.15) is 0 Å². The predicted molar refractivity (Wildman–Crippen MR) is 138 cm³/mol. The Hall–Kier alpha value is -3.33. The molecule has 5 rings (SSSR count). The first-order valence-corrected chi connectivity index (χ1v) is 13.1. The Balaban J connectivity index is 1.61. The average molecular weight is 510 g/mol. The van der Waals surface area contributed by atoms with Crippen molar-refractivity contribution in [3.63, 3.8) is 0 Å². The molecule has 180 valence electrons. The summed E-state index contributed by atoms with van der Waals surface area (Å²) in [5, 5.41) is 6.59. The largest absolute Gasteiger partial charge is 0.495 e. The van der Waals surface area contributed by atoms with E-state index in [-0.39, 0.29) is 10.8 Å². The second-order valence-electron chi connectivity index (χ2n) is 8.55. The van der Waals surface area contributed by atoms with E-state index in [2.05, 4.69) is 15.4 Å². The van der Waals surface area contributed by atoms with Gasteiger partial charge >= 0.3 is 0 Å². The number of carbonyl (C=O) groups is 1. The number of carbonyl (C=O) groups excluding carboxylic acids is 1. The van der Waals surface area contributed by atoms with Gasteiger partial charge in [-0.1, -0.05) is 41.9 Å². The van der Waals surface area contributed by atoms with Gasteiger partial charge in [0.2, 0.25) is 10.0 Å². The van der Waals surface area contributed by atoms with Crippen LogP contribution in [0.4, 0.5) is 11.4 Å². The Labute approximate surface area is 209 Å². The fourth-order valence-corrected chi connectivity index (χ4v) is 5.37. The van der Waals surface area contributed by atoms with Gasteiger partial charge in [-0.25, -0.2) is 13.1 Å². The SMILES string of the molecule is COc1ccc(N/C(=C2\C(=O)Nc3ccc(S(=O)(=O)NCC4CC4)cc32)c2ccccc2)cc1Cl. The van der Waals surface area contributed by atoms with Gasteiger partial charge in [-0.05, 0) is 60.7 Å². The monoisotopic (exact) mass is 509 g/mol. The van der Waals surface area contributed by atoms with Crippen molar-refractivity contribution in [1.29, 1.82) is 0 Å². The van der Waals surface area contributed by atoms with E-state index in [0.717, 1.165) is 18.4 Å². The number of nitrogens with one attached hydrogen (secondary N) is 3. The van der Waals surface area contributed by atoms with Gasteiger partial charge < -0.3 is 15.4 Å². The molecule has 1 heterocycles. The molecule has 35 heavy (non-hydrogen) atoms. The standard InChI is InChI=1S/C26H24ClN3O4S/c1-34-23-12-9-18(13-21(23)27)29-25(17-5-3-2-4-6-17)24-20-14-19(10-11-22(20)30-26(24)31)35(32,33)28-15-16-7-8-16/h2-6,9-14,16,28-29H,7-8,15H2,1H3,(H,30,31)/b25-24-. The lowest BCUT2D eigenvalue weighted by atomic mass is 10.00. The molecule has 3 aromatic carbocycles.